The number of nitrogens with one attached hydrogen (secondary N) is 1. The summed E-state index contributed by atoms with van der Waals surface area (Å²) >= 11 is 1.53. The molecular weight excluding hydrogens is 338 g/mol. The molecule has 0 aliphatic heterocycles. The Morgan fingerprint density at radius 3 is 2.52 bits per heavy atom. The molecule has 0 fully saturated rings. The molecule has 0 bridgehead atoms. The minimum absolute atomic E-state index is 0.0565. The van der Waals surface area contributed by atoms with Crippen LogP contribution in [0.25, 0.3) is 0 Å². The van der Waals surface area contributed by atoms with Gasteiger partial charge >= 0.3 is 0 Å². The van der Waals surface area contributed by atoms with Gasteiger partial charge in [0.05, 0.1) is 20.3 Å². The highest BCUT2D eigenvalue weighted by Crippen LogP contribution is 2.28. The van der Waals surface area contributed by atoms with E-state index >= 15 is 0 Å². The molecule has 1 aromatic carbocycles. The van der Waals surface area contributed by atoms with Crippen LogP contribution in [0.3, 0.4) is 0 Å². The average molecular weight is 357 g/mol. The van der Waals surface area contributed by atoms with E-state index in [1.165, 1.54) is 37.7 Å². The molecule has 6 nitrogen and oxygen atoms in total. The van der Waals surface area contributed by atoms with Crippen LogP contribution in [0.4, 0.5) is 0 Å². The van der Waals surface area contributed by atoms with E-state index in [1.807, 2.05) is 16.8 Å². The highest BCUT2D eigenvalue weighted by molar-refractivity contribution is 7.89. The Morgan fingerprint density at radius 1 is 1.17 bits per heavy atom. The Hall–Kier alpha value is -1.61. The van der Waals surface area contributed by atoms with Gasteiger partial charge in [0.1, 0.15) is 16.4 Å². The summed E-state index contributed by atoms with van der Waals surface area (Å²) in [5, 5.41) is 3.85. The van der Waals surface area contributed by atoms with Gasteiger partial charge in [0, 0.05) is 19.7 Å². The van der Waals surface area contributed by atoms with Gasteiger partial charge in [0.15, 0.2) is 0 Å². The molecule has 0 saturated heterocycles. The van der Waals surface area contributed by atoms with Crippen molar-refractivity contribution in [1.29, 1.82) is 0 Å². The molecule has 2 rings (SSSR count). The highest BCUT2D eigenvalue weighted by atomic mass is 32.2. The van der Waals surface area contributed by atoms with Crippen molar-refractivity contribution in [2.75, 3.05) is 27.9 Å². The second-order valence-corrected chi connectivity index (χ2v) is 7.17. The van der Waals surface area contributed by atoms with Gasteiger partial charge < -0.3 is 14.2 Å². The first-order valence-corrected chi connectivity index (χ1v) is 9.21. The lowest BCUT2D eigenvalue weighted by molar-refractivity contribution is 0.107. The molecule has 0 aliphatic rings. The van der Waals surface area contributed by atoms with E-state index in [9.17, 15) is 8.42 Å². The summed E-state index contributed by atoms with van der Waals surface area (Å²) in [6.07, 6.45) is -0.347. The number of sulfonamides is 1. The van der Waals surface area contributed by atoms with Crippen molar-refractivity contribution in [2.45, 2.75) is 11.0 Å². The Morgan fingerprint density at radius 2 is 1.96 bits per heavy atom. The van der Waals surface area contributed by atoms with Crippen molar-refractivity contribution in [3.63, 3.8) is 0 Å². The van der Waals surface area contributed by atoms with Crippen LogP contribution >= 0.6 is 11.3 Å². The minimum Gasteiger partial charge on any atom is -0.497 e. The molecule has 0 radical (unpaired) electrons. The van der Waals surface area contributed by atoms with Crippen LogP contribution in [-0.2, 0) is 14.8 Å². The van der Waals surface area contributed by atoms with E-state index in [4.69, 9.17) is 14.2 Å². The lowest BCUT2D eigenvalue weighted by Gasteiger charge is -2.16. The molecule has 0 aliphatic carbocycles. The lowest BCUT2D eigenvalue weighted by atomic mass is 10.2. The Bertz CT molecular complexity index is 728. The van der Waals surface area contributed by atoms with Crippen LogP contribution in [0.5, 0.6) is 11.5 Å². The molecule has 2 aromatic rings. The summed E-state index contributed by atoms with van der Waals surface area (Å²) < 4.78 is 43.2. The maximum absolute atomic E-state index is 12.5. The normalized spacial score (nSPS) is 12.8. The first-order chi connectivity index (χ1) is 11.0. The van der Waals surface area contributed by atoms with E-state index in [0.717, 1.165) is 5.56 Å². The van der Waals surface area contributed by atoms with Crippen molar-refractivity contribution < 1.29 is 22.6 Å². The van der Waals surface area contributed by atoms with Crippen LogP contribution < -0.4 is 14.2 Å². The molecule has 0 spiro atoms. The number of hydrogen-bond acceptors (Lipinski definition) is 6. The van der Waals surface area contributed by atoms with Gasteiger partial charge in [-0.3, -0.25) is 0 Å². The average Bonchev–Trinajstić information content (AvgIpc) is 3.09. The molecule has 1 N–H and O–H groups in total. The smallest absolute Gasteiger partial charge is 0.244 e. The standard InChI is InChI=1S/C15H19NO5S2/c1-19-12-4-5-15(13(8-12)20-2)23(17,18)16-9-14(21-3)11-6-7-22-10-11/h4-8,10,14,16H,9H2,1-3H3. The van der Waals surface area contributed by atoms with E-state index in [2.05, 4.69) is 4.72 Å². The third kappa shape index (κ3) is 4.23. The van der Waals surface area contributed by atoms with Gasteiger partial charge in [-0.05, 0) is 34.5 Å². The van der Waals surface area contributed by atoms with Crippen molar-refractivity contribution in [2.24, 2.45) is 0 Å². The third-order valence-electron chi connectivity index (χ3n) is 3.32. The van der Waals surface area contributed by atoms with Gasteiger partial charge in [-0.25, -0.2) is 13.1 Å². The second kappa shape index (κ2) is 7.78. The molecule has 1 aromatic heterocycles. The maximum Gasteiger partial charge on any atom is 0.244 e. The largest absolute Gasteiger partial charge is 0.497 e. The fourth-order valence-electron chi connectivity index (χ4n) is 2.06. The Kier molecular flexibility index (Phi) is 6.00. The molecule has 23 heavy (non-hydrogen) atoms. The zero-order valence-electron chi connectivity index (χ0n) is 13.1. The highest BCUT2D eigenvalue weighted by Gasteiger charge is 2.22. The predicted molar refractivity (Wildman–Crippen MR) is 88.8 cm³/mol. The van der Waals surface area contributed by atoms with Crippen LogP contribution in [0.15, 0.2) is 39.9 Å². The van der Waals surface area contributed by atoms with Crippen LogP contribution in [0, 0.1) is 0 Å². The SMILES string of the molecule is COc1ccc(S(=O)(=O)NCC(OC)c2ccsc2)c(OC)c1. The zero-order chi connectivity index (χ0) is 16.9. The summed E-state index contributed by atoms with van der Waals surface area (Å²) in [6, 6.07) is 6.46. The monoisotopic (exact) mass is 357 g/mol. The molecule has 1 unspecified atom stereocenters. The number of methoxy groups -OCH3 is 3. The zero-order valence-corrected chi connectivity index (χ0v) is 14.7. The van der Waals surface area contributed by atoms with Crippen molar-refractivity contribution >= 4 is 21.4 Å². The molecule has 1 atom stereocenters. The Labute approximate surface area is 140 Å². The molecule has 8 heteroatoms. The Balaban J connectivity index is 2.18. The fourth-order valence-corrected chi connectivity index (χ4v) is 3.94. The molecule has 0 saturated carbocycles. The summed E-state index contributed by atoms with van der Waals surface area (Å²) in [5.74, 6) is 0.746. The van der Waals surface area contributed by atoms with E-state index < -0.39 is 10.0 Å². The van der Waals surface area contributed by atoms with E-state index in [-0.39, 0.29) is 23.3 Å². The van der Waals surface area contributed by atoms with E-state index in [0.29, 0.717) is 5.75 Å². The quantitative estimate of drug-likeness (QED) is 0.785. The number of thiophene rings is 1. The van der Waals surface area contributed by atoms with Gasteiger partial charge in [-0.15, -0.1) is 0 Å². The molecule has 126 valence electrons. The maximum atomic E-state index is 12.5. The predicted octanol–water partition coefficient (Wildman–Crippen LogP) is 2.43. The lowest BCUT2D eigenvalue weighted by Crippen LogP contribution is -2.29. The van der Waals surface area contributed by atoms with Gasteiger partial charge in [0.25, 0.3) is 0 Å². The van der Waals surface area contributed by atoms with Crippen molar-refractivity contribution in [3.05, 3.63) is 40.6 Å². The topological polar surface area (TPSA) is 73.9 Å². The first kappa shape index (κ1) is 17.7. The second-order valence-electron chi connectivity index (χ2n) is 4.65. The van der Waals surface area contributed by atoms with Crippen LogP contribution in [-0.4, -0.2) is 36.3 Å². The summed E-state index contributed by atoms with van der Waals surface area (Å²) in [6.45, 7) is 0.130. The van der Waals surface area contributed by atoms with Gasteiger partial charge in [0.2, 0.25) is 10.0 Å². The van der Waals surface area contributed by atoms with E-state index in [1.54, 1.807) is 13.2 Å². The van der Waals surface area contributed by atoms with Gasteiger partial charge in [-0.2, -0.15) is 11.3 Å². The van der Waals surface area contributed by atoms with Crippen LogP contribution in [0.2, 0.25) is 0 Å². The number of rotatable bonds is 8. The fraction of sp³-hybridized carbons (Fsp3) is 0.333. The van der Waals surface area contributed by atoms with Crippen LogP contribution in [0.1, 0.15) is 11.7 Å². The first-order valence-electron chi connectivity index (χ1n) is 6.78. The summed E-state index contributed by atoms with van der Waals surface area (Å²) in [7, 11) is 0.734. The minimum atomic E-state index is -3.73. The number of hydrogen-bond donors (Lipinski definition) is 1. The van der Waals surface area contributed by atoms with Crippen molar-refractivity contribution in [3.8, 4) is 11.5 Å². The summed E-state index contributed by atoms with van der Waals surface area (Å²) in [4.78, 5) is 0.0565. The van der Waals surface area contributed by atoms with Crippen molar-refractivity contribution in [1.82, 2.24) is 4.72 Å². The number of ether oxygens (including phenoxy) is 3. The summed E-state index contributed by atoms with van der Waals surface area (Å²) in [5.41, 5.74) is 0.932. The number of benzene rings is 1. The molecule has 0 amide bonds. The molecular formula is C15H19NO5S2. The van der Waals surface area contributed by atoms with Gasteiger partial charge in [-0.1, -0.05) is 0 Å². The molecule has 1 heterocycles. The third-order valence-corrected chi connectivity index (χ3v) is 5.48.